The van der Waals surface area contributed by atoms with Gasteiger partial charge in [-0.2, -0.15) is 4.31 Å². The number of benzene rings is 1. The first kappa shape index (κ1) is 22.0. The van der Waals surface area contributed by atoms with Crippen molar-refractivity contribution in [3.8, 4) is 11.1 Å². The zero-order valence-electron chi connectivity index (χ0n) is 18.2. The third-order valence-corrected chi connectivity index (χ3v) is 7.50. The van der Waals surface area contributed by atoms with Gasteiger partial charge in [-0.3, -0.25) is 10.1 Å². The van der Waals surface area contributed by atoms with E-state index in [1.54, 1.807) is 38.2 Å². The maximum atomic E-state index is 13.5. The highest BCUT2D eigenvalue weighted by Gasteiger charge is 2.31. The van der Waals surface area contributed by atoms with Gasteiger partial charge in [0.15, 0.2) is 0 Å². The molecule has 1 aliphatic heterocycles. The standard InChI is InChI=1S/C22H25N5O4S/c1-15-7-8-18(21-16(2)25-31-22(21)24-17(3)28)14-19(15)32(29,30)27-12-10-26(11-13-27)20-6-4-5-9-23-20/h4-9,14H,10-13H2,1-3H3,(H,24,28). The molecule has 32 heavy (non-hydrogen) atoms. The lowest BCUT2D eigenvalue weighted by Crippen LogP contribution is -2.49. The Balaban J connectivity index is 1.62. The quantitative estimate of drug-likeness (QED) is 0.630. The van der Waals surface area contributed by atoms with Crippen molar-refractivity contribution in [2.75, 3.05) is 36.4 Å². The highest BCUT2D eigenvalue weighted by atomic mass is 32.2. The van der Waals surface area contributed by atoms with Crippen LogP contribution >= 0.6 is 0 Å². The molecule has 3 aromatic rings. The normalized spacial score (nSPS) is 15.0. The van der Waals surface area contributed by atoms with Crippen LogP contribution in [0.25, 0.3) is 11.1 Å². The molecular weight excluding hydrogens is 430 g/mol. The van der Waals surface area contributed by atoms with Crippen molar-refractivity contribution < 1.29 is 17.7 Å². The number of anilines is 2. The lowest BCUT2D eigenvalue weighted by molar-refractivity contribution is -0.114. The smallest absolute Gasteiger partial charge is 0.243 e. The summed E-state index contributed by atoms with van der Waals surface area (Å²) in [6.07, 6.45) is 1.73. The van der Waals surface area contributed by atoms with E-state index < -0.39 is 10.0 Å². The molecule has 0 bridgehead atoms. The number of sulfonamides is 1. The maximum absolute atomic E-state index is 13.5. The van der Waals surface area contributed by atoms with Gasteiger partial charge in [0.1, 0.15) is 5.82 Å². The predicted molar refractivity (Wildman–Crippen MR) is 121 cm³/mol. The van der Waals surface area contributed by atoms with Crippen LogP contribution in [0.4, 0.5) is 11.7 Å². The molecule has 0 spiro atoms. The fraction of sp³-hybridized carbons (Fsp3) is 0.318. The number of nitrogens with zero attached hydrogens (tertiary/aromatic N) is 4. The molecule has 1 aliphatic rings. The molecule has 4 rings (SSSR count). The van der Waals surface area contributed by atoms with Gasteiger partial charge in [0.25, 0.3) is 0 Å². The van der Waals surface area contributed by atoms with Gasteiger partial charge in [-0.15, -0.1) is 0 Å². The van der Waals surface area contributed by atoms with Gasteiger partial charge in [0, 0.05) is 39.3 Å². The summed E-state index contributed by atoms with van der Waals surface area (Å²) in [5, 5.41) is 6.54. The van der Waals surface area contributed by atoms with Crippen molar-refractivity contribution in [1.29, 1.82) is 0 Å². The number of aromatic nitrogens is 2. The Kier molecular flexibility index (Phi) is 5.98. The SMILES string of the molecule is CC(=O)Nc1onc(C)c1-c1ccc(C)c(S(=O)(=O)N2CCN(c3ccccn3)CC2)c1. The summed E-state index contributed by atoms with van der Waals surface area (Å²) in [4.78, 5) is 18.2. The van der Waals surface area contributed by atoms with Crippen molar-refractivity contribution >= 4 is 27.6 Å². The average molecular weight is 456 g/mol. The monoisotopic (exact) mass is 455 g/mol. The number of pyridine rings is 1. The molecule has 3 heterocycles. The van der Waals surface area contributed by atoms with Crippen molar-refractivity contribution in [3.63, 3.8) is 0 Å². The number of aryl methyl sites for hydroxylation is 2. The van der Waals surface area contributed by atoms with Crippen LogP contribution in [0.2, 0.25) is 0 Å². The van der Waals surface area contributed by atoms with Crippen LogP contribution in [0, 0.1) is 13.8 Å². The van der Waals surface area contributed by atoms with Crippen LogP contribution in [0.15, 0.2) is 52.0 Å². The number of carbonyl (C=O) groups excluding carboxylic acids is 1. The minimum Gasteiger partial charge on any atom is -0.354 e. The lowest BCUT2D eigenvalue weighted by atomic mass is 10.0. The van der Waals surface area contributed by atoms with Gasteiger partial charge in [-0.1, -0.05) is 23.4 Å². The fourth-order valence-corrected chi connectivity index (χ4v) is 5.50. The average Bonchev–Trinajstić information content (AvgIpc) is 3.14. The minimum absolute atomic E-state index is 0.200. The van der Waals surface area contributed by atoms with Gasteiger partial charge in [0.2, 0.25) is 21.8 Å². The molecule has 10 heteroatoms. The highest BCUT2D eigenvalue weighted by Crippen LogP contribution is 2.34. The minimum atomic E-state index is -3.71. The number of carbonyl (C=O) groups is 1. The maximum Gasteiger partial charge on any atom is 0.243 e. The third kappa shape index (κ3) is 4.23. The van der Waals surface area contributed by atoms with Crippen LogP contribution in [-0.4, -0.2) is 54.9 Å². The summed E-state index contributed by atoms with van der Waals surface area (Å²) in [7, 11) is -3.71. The molecule has 0 aliphatic carbocycles. The molecule has 1 fully saturated rings. The Morgan fingerprint density at radius 1 is 1.09 bits per heavy atom. The van der Waals surface area contributed by atoms with E-state index in [9.17, 15) is 13.2 Å². The van der Waals surface area contributed by atoms with Gasteiger partial charge >= 0.3 is 0 Å². The largest absolute Gasteiger partial charge is 0.354 e. The van der Waals surface area contributed by atoms with E-state index in [0.717, 1.165) is 5.82 Å². The summed E-state index contributed by atoms with van der Waals surface area (Å²) in [5.41, 5.74) is 2.39. The van der Waals surface area contributed by atoms with Crippen molar-refractivity contribution in [3.05, 3.63) is 53.9 Å². The molecule has 0 unspecified atom stereocenters. The number of piperazine rings is 1. The summed E-state index contributed by atoms with van der Waals surface area (Å²) >= 11 is 0. The molecule has 0 radical (unpaired) electrons. The second-order valence-electron chi connectivity index (χ2n) is 7.71. The molecule has 0 atom stereocenters. The molecule has 1 amide bonds. The van der Waals surface area contributed by atoms with E-state index >= 15 is 0 Å². The van der Waals surface area contributed by atoms with Gasteiger partial charge in [-0.05, 0) is 43.2 Å². The van der Waals surface area contributed by atoms with Crippen molar-refractivity contribution in [1.82, 2.24) is 14.4 Å². The Morgan fingerprint density at radius 3 is 2.50 bits per heavy atom. The van der Waals surface area contributed by atoms with Crippen molar-refractivity contribution in [2.45, 2.75) is 25.7 Å². The molecular formula is C22H25N5O4S. The first-order valence-corrected chi connectivity index (χ1v) is 11.7. The van der Waals surface area contributed by atoms with E-state index in [1.807, 2.05) is 18.2 Å². The summed E-state index contributed by atoms with van der Waals surface area (Å²) in [6, 6.07) is 10.9. The Morgan fingerprint density at radius 2 is 1.84 bits per heavy atom. The molecule has 1 saturated heterocycles. The molecule has 1 N–H and O–H groups in total. The first-order chi connectivity index (χ1) is 15.3. The Hall–Kier alpha value is -3.24. The van der Waals surface area contributed by atoms with Crippen LogP contribution in [-0.2, 0) is 14.8 Å². The van der Waals surface area contributed by atoms with E-state index in [1.165, 1.54) is 11.2 Å². The Labute approximate surface area is 187 Å². The van der Waals surface area contributed by atoms with Gasteiger partial charge in [0.05, 0.1) is 16.2 Å². The summed E-state index contributed by atoms with van der Waals surface area (Å²) in [6.45, 7) is 6.75. The van der Waals surface area contributed by atoms with E-state index in [2.05, 4.69) is 20.4 Å². The number of hydrogen-bond donors (Lipinski definition) is 1. The molecule has 0 saturated carbocycles. The number of amides is 1. The first-order valence-electron chi connectivity index (χ1n) is 10.3. The second kappa shape index (κ2) is 8.71. The summed E-state index contributed by atoms with van der Waals surface area (Å²) in [5.74, 6) is 0.746. The fourth-order valence-electron chi connectivity index (χ4n) is 3.83. The number of nitrogens with one attached hydrogen (secondary N) is 1. The van der Waals surface area contributed by atoms with Crippen molar-refractivity contribution in [2.24, 2.45) is 0 Å². The van der Waals surface area contributed by atoms with Crippen LogP contribution in [0.3, 0.4) is 0 Å². The lowest BCUT2D eigenvalue weighted by Gasteiger charge is -2.34. The zero-order chi connectivity index (χ0) is 22.9. The van der Waals surface area contributed by atoms with Crippen LogP contribution < -0.4 is 10.2 Å². The molecule has 1 aromatic carbocycles. The third-order valence-electron chi connectivity index (χ3n) is 5.46. The predicted octanol–water partition coefficient (Wildman–Crippen LogP) is 2.82. The second-order valence-corrected chi connectivity index (χ2v) is 9.62. The van der Waals surface area contributed by atoms with Gasteiger partial charge in [-0.25, -0.2) is 13.4 Å². The molecule has 2 aromatic heterocycles. The van der Waals surface area contributed by atoms with Crippen LogP contribution in [0.5, 0.6) is 0 Å². The van der Waals surface area contributed by atoms with Gasteiger partial charge < -0.3 is 9.42 Å². The number of rotatable bonds is 5. The van der Waals surface area contributed by atoms with E-state index in [0.29, 0.717) is 48.6 Å². The zero-order valence-corrected chi connectivity index (χ0v) is 19.0. The van der Waals surface area contributed by atoms with E-state index in [4.69, 9.17) is 4.52 Å². The topological polar surface area (TPSA) is 109 Å². The van der Waals surface area contributed by atoms with E-state index in [-0.39, 0.29) is 16.7 Å². The van der Waals surface area contributed by atoms with Crippen LogP contribution in [0.1, 0.15) is 18.2 Å². The molecule has 9 nitrogen and oxygen atoms in total. The Bertz CT molecular complexity index is 1230. The number of hydrogen-bond acceptors (Lipinski definition) is 7. The molecule has 168 valence electrons. The summed E-state index contributed by atoms with van der Waals surface area (Å²) < 4.78 is 33.7. The highest BCUT2D eigenvalue weighted by molar-refractivity contribution is 7.89.